The average Bonchev–Trinajstić information content (AvgIpc) is 3.00. The number of benzene rings is 2. The molecule has 0 fully saturated rings. The fourth-order valence-corrected chi connectivity index (χ4v) is 3.40. The van der Waals surface area contributed by atoms with Crippen molar-refractivity contribution in [2.45, 2.75) is 6.92 Å². The van der Waals surface area contributed by atoms with Crippen molar-refractivity contribution in [3.05, 3.63) is 71.9 Å². The summed E-state index contributed by atoms with van der Waals surface area (Å²) in [6.07, 6.45) is 1.58. The molecular formula is C19H15N3OS. The lowest BCUT2D eigenvalue weighted by atomic mass is 10.2. The maximum atomic E-state index is 6.00. The molecule has 2 aromatic carbocycles. The quantitative estimate of drug-likeness (QED) is 0.533. The van der Waals surface area contributed by atoms with E-state index in [4.69, 9.17) is 4.74 Å². The van der Waals surface area contributed by atoms with Crippen molar-refractivity contribution >= 4 is 33.1 Å². The Labute approximate surface area is 143 Å². The number of hydrogen-bond donors (Lipinski definition) is 1. The molecule has 0 atom stereocenters. The van der Waals surface area contributed by atoms with Crippen LogP contribution in [0.2, 0.25) is 0 Å². The van der Waals surface area contributed by atoms with Crippen LogP contribution in [0.5, 0.6) is 11.5 Å². The van der Waals surface area contributed by atoms with E-state index in [0.717, 1.165) is 33.2 Å². The fourth-order valence-electron chi connectivity index (χ4n) is 2.51. The second-order valence-corrected chi connectivity index (χ2v) is 6.22. The van der Waals surface area contributed by atoms with Gasteiger partial charge in [0, 0.05) is 0 Å². The van der Waals surface area contributed by atoms with Crippen molar-refractivity contribution in [3.63, 3.8) is 0 Å². The van der Waals surface area contributed by atoms with Gasteiger partial charge >= 0.3 is 0 Å². The number of para-hydroxylation sites is 3. The van der Waals surface area contributed by atoms with Crippen LogP contribution >= 0.6 is 11.3 Å². The number of ether oxygens (including phenoxy) is 1. The number of thiophene rings is 1. The molecule has 0 aliphatic heterocycles. The van der Waals surface area contributed by atoms with E-state index in [1.165, 1.54) is 5.56 Å². The van der Waals surface area contributed by atoms with Crippen LogP contribution in [0.4, 0.5) is 11.5 Å². The fraction of sp³-hybridized carbons (Fsp3) is 0.0526. The Hall–Kier alpha value is -2.92. The summed E-state index contributed by atoms with van der Waals surface area (Å²) in [5.41, 5.74) is 2.03. The lowest BCUT2D eigenvalue weighted by Crippen LogP contribution is -1.97. The van der Waals surface area contributed by atoms with Gasteiger partial charge in [-0.05, 0) is 42.1 Å². The minimum Gasteiger partial charge on any atom is -0.455 e. The number of nitrogens with zero attached hydrogens (tertiary/aromatic N) is 2. The van der Waals surface area contributed by atoms with Gasteiger partial charge in [-0.2, -0.15) is 0 Å². The van der Waals surface area contributed by atoms with Gasteiger partial charge in [0.05, 0.1) is 11.1 Å². The standard InChI is InChI=1S/C19H15N3OS/c1-13-11-24-19-17(13)18(20-12-21-19)22-15-9-5-6-10-16(15)23-14-7-3-2-4-8-14/h2-12H,1H3,(H,20,21,22). The molecule has 4 aromatic rings. The van der Waals surface area contributed by atoms with Crippen molar-refractivity contribution < 1.29 is 4.74 Å². The van der Waals surface area contributed by atoms with E-state index in [1.54, 1.807) is 17.7 Å². The molecule has 0 amide bonds. The molecular weight excluding hydrogens is 318 g/mol. The van der Waals surface area contributed by atoms with Crippen LogP contribution < -0.4 is 10.1 Å². The summed E-state index contributed by atoms with van der Waals surface area (Å²) in [6, 6.07) is 17.6. The van der Waals surface area contributed by atoms with Crippen molar-refractivity contribution in [2.24, 2.45) is 0 Å². The zero-order valence-electron chi connectivity index (χ0n) is 13.1. The Morgan fingerprint density at radius 1 is 0.958 bits per heavy atom. The highest BCUT2D eigenvalue weighted by Crippen LogP contribution is 2.34. The van der Waals surface area contributed by atoms with Crippen molar-refractivity contribution in [1.29, 1.82) is 0 Å². The van der Waals surface area contributed by atoms with Gasteiger partial charge in [0.15, 0.2) is 5.75 Å². The van der Waals surface area contributed by atoms with E-state index in [2.05, 4.69) is 27.6 Å². The molecule has 0 spiro atoms. The van der Waals surface area contributed by atoms with Gasteiger partial charge in [0.25, 0.3) is 0 Å². The van der Waals surface area contributed by atoms with Crippen LogP contribution in [-0.2, 0) is 0 Å². The molecule has 4 nitrogen and oxygen atoms in total. The van der Waals surface area contributed by atoms with Gasteiger partial charge in [-0.3, -0.25) is 0 Å². The number of fused-ring (bicyclic) bond motifs is 1. The van der Waals surface area contributed by atoms with Crippen molar-refractivity contribution in [2.75, 3.05) is 5.32 Å². The predicted molar refractivity (Wildman–Crippen MR) is 98.4 cm³/mol. The average molecular weight is 333 g/mol. The number of nitrogens with one attached hydrogen (secondary N) is 1. The minimum absolute atomic E-state index is 0.753. The molecule has 1 N–H and O–H groups in total. The van der Waals surface area contributed by atoms with Gasteiger partial charge in [0.2, 0.25) is 0 Å². The molecule has 0 saturated carbocycles. The maximum Gasteiger partial charge on any atom is 0.150 e. The van der Waals surface area contributed by atoms with E-state index in [1.807, 2.05) is 54.6 Å². The summed E-state index contributed by atoms with van der Waals surface area (Å²) in [5.74, 6) is 2.34. The van der Waals surface area contributed by atoms with E-state index in [9.17, 15) is 0 Å². The molecule has 2 heterocycles. The first-order chi connectivity index (χ1) is 11.8. The number of rotatable bonds is 4. The SMILES string of the molecule is Cc1csc2ncnc(Nc3ccccc3Oc3ccccc3)c12. The Bertz CT molecular complexity index is 982. The van der Waals surface area contributed by atoms with Crippen LogP contribution in [0, 0.1) is 6.92 Å². The molecule has 4 rings (SSSR count). The monoisotopic (exact) mass is 333 g/mol. The summed E-state index contributed by atoms with van der Waals surface area (Å²) in [7, 11) is 0. The van der Waals surface area contributed by atoms with Gasteiger partial charge in [-0.25, -0.2) is 9.97 Å². The summed E-state index contributed by atoms with van der Waals surface area (Å²) in [4.78, 5) is 9.72. The van der Waals surface area contributed by atoms with E-state index in [-0.39, 0.29) is 0 Å². The summed E-state index contributed by atoms with van der Waals surface area (Å²) in [5, 5.41) is 6.54. The van der Waals surface area contributed by atoms with Crippen LogP contribution in [-0.4, -0.2) is 9.97 Å². The van der Waals surface area contributed by atoms with Gasteiger partial charge in [-0.1, -0.05) is 30.3 Å². The molecule has 5 heteroatoms. The Balaban J connectivity index is 1.71. The summed E-state index contributed by atoms with van der Waals surface area (Å²) in [6.45, 7) is 2.07. The maximum absolute atomic E-state index is 6.00. The van der Waals surface area contributed by atoms with Crippen LogP contribution in [0.25, 0.3) is 10.2 Å². The van der Waals surface area contributed by atoms with Crippen LogP contribution in [0.15, 0.2) is 66.3 Å². The van der Waals surface area contributed by atoms with Gasteiger partial charge in [0.1, 0.15) is 22.7 Å². The summed E-state index contributed by atoms with van der Waals surface area (Å²) >= 11 is 1.62. The third-order valence-electron chi connectivity index (χ3n) is 3.67. The lowest BCUT2D eigenvalue weighted by Gasteiger charge is -2.13. The highest BCUT2D eigenvalue weighted by atomic mass is 32.1. The normalized spacial score (nSPS) is 10.7. The third kappa shape index (κ3) is 2.81. The molecule has 0 aliphatic carbocycles. The highest BCUT2D eigenvalue weighted by Gasteiger charge is 2.11. The second-order valence-electron chi connectivity index (χ2n) is 5.36. The third-order valence-corrected chi connectivity index (χ3v) is 4.67. The van der Waals surface area contributed by atoms with Gasteiger partial charge in [-0.15, -0.1) is 11.3 Å². The number of aromatic nitrogens is 2. The van der Waals surface area contributed by atoms with E-state index >= 15 is 0 Å². The predicted octanol–water partition coefficient (Wildman–Crippen LogP) is 5.54. The molecule has 2 aromatic heterocycles. The van der Waals surface area contributed by atoms with Gasteiger partial charge < -0.3 is 10.1 Å². The van der Waals surface area contributed by atoms with Crippen LogP contribution in [0.1, 0.15) is 5.56 Å². The second kappa shape index (κ2) is 6.29. The topological polar surface area (TPSA) is 47.0 Å². The minimum atomic E-state index is 0.753. The Morgan fingerprint density at radius 2 is 1.75 bits per heavy atom. The molecule has 0 bridgehead atoms. The first kappa shape index (κ1) is 14.7. The highest BCUT2D eigenvalue weighted by molar-refractivity contribution is 7.17. The first-order valence-electron chi connectivity index (χ1n) is 7.59. The number of hydrogen-bond acceptors (Lipinski definition) is 5. The zero-order chi connectivity index (χ0) is 16.4. The van der Waals surface area contributed by atoms with Crippen molar-refractivity contribution in [1.82, 2.24) is 9.97 Å². The first-order valence-corrected chi connectivity index (χ1v) is 8.47. The molecule has 0 radical (unpaired) electrons. The van der Waals surface area contributed by atoms with E-state index in [0.29, 0.717) is 0 Å². The molecule has 0 aliphatic rings. The summed E-state index contributed by atoms with van der Waals surface area (Å²) < 4.78 is 6.00. The number of anilines is 2. The largest absolute Gasteiger partial charge is 0.455 e. The zero-order valence-corrected chi connectivity index (χ0v) is 13.9. The molecule has 24 heavy (non-hydrogen) atoms. The van der Waals surface area contributed by atoms with Crippen LogP contribution in [0.3, 0.4) is 0 Å². The Morgan fingerprint density at radius 3 is 2.62 bits per heavy atom. The Kier molecular flexibility index (Phi) is 3.84. The molecule has 118 valence electrons. The molecule has 0 unspecified atom stereocenters. The van der Waals surface area contributed by atoms with E-state index < -0.39 is 0 Å². The lowest BCUT2D eigenvalue weighted by molar-refractivity contribution is 0.485. The van der Waals surface area contributed by atoms with Crippen molar-refractivity contribution in [3.8, 4) is 11.5 Å². The number of aryl methyl sites for hydroxylation is 1. The molecule has 0 saturated heterocycles. The smallest absolute Gasteiger partial charge is 0.150 e.